The second-order valence-corrected chi connectivity index (χ2v) is 4.54. The number of hydrogen-bond acceptors (Lipinski definition) is 2. The lowest BCUT2D eigenvalue weighted by molar-refractivity contribution is -0.121. The number of benzene rings is 1. The van der Waals surface area contributed by atoms with E-state index in [0.717, 1.165) is 16.2 Å². The van der Waals surface area contributed by atoms with E-state index < -0.39 is 12.1 Å². The van der Waals surface area contributed by atoms with Crippen LogP contribution >= 0.6 is 0 Å². The van der Waals surface area contributed by atoms with Gasteiger partial charge in [-0.05, 0) is 24.6 Å². The molecule has 2 amide bonds. The minimum absolute atomic E-state index is 0.248. The lowest BCUT2D eigenvalue weighted by Gasteiger charge is -2.26. The minimum atomic E-state index is -1.08. The molecule has 0 aromatic heterocycles. The summed E-state index contributed by atoms with van der Waals surface area (Å²) in [5, 5.41) is 9.04. The number of carbonyl (C=O) groups is 2. The third-order valence-corrected chi connectivity index (χ3v) is 3.17. The second kappa shape index (κ2) is 5.14. The van der Waals surface area contributed by atoms with Gasteiger partial charge in [-0.2, -0.15) is 0 Å². The van der Waals surface area contributed by atoms with Crippen molar-refractivity contribution in [3.05, 3.63) is 42.0 Å². The van der Waals surface area contributed by atoms with Gasteiger partial charge in [0.05, 0.1) is 0 Å². The summed E-state index contributed by atoms with van der Waals surface area (Å²) in [6.45, 7) is 2.20. The maximum Gasteiger partial charge on any atom is 0.408 e. The summed E-state index contributed by atoms with van der Waals surface area (Å²) < 4.78 is 0. The summed E-state index contributed by atoms with van der Waals surface area (Å²) in [6, 6.07) is 6.80. The Morgan fingerprint density at radius 2 is 2.16 bits per heavy atom. The van der Waals surface area contributed by atoms with Gasteiger partial charge < -0.3 is 10.0 Å². The molecule has 5 nitrogen and oxygen atoms in total. The zero-order chi connectivity index (χ0) is 14.0. The molecule has 0 aliphatic carbocycles. The third-order valence-electron chi connectivity index (χ3n) is 3.17. The van der Waals surface area contributed by atoms with E-state index in [9.17, 15) is 9.59 Å². The van der Waals surface area contributed by atoms with E-state index in [0.29, 0.717) is 0 Å². The molecule has 19 heavy (non-hydrogen) atoms. The van der Waals surface area contributed by atoms with Crippen molar-refractivity contribution in [2.75, 3.05) is 18.5 Å². The van der Waals surface area contributed by atoms with Gasteiger partial charge in [0.25, 0.3) is 5.91 Å². The molecule has 0 spiro atoms. The fourth-order valence-electron chi connectivity index (χ4n) is 2.10. The summed E-state index contributed by atoms with van der Waals surface area (Å²) in [4.78, 5) is 26.0. The quantitative estimate of drug-likeness (QED) is 0.826. The fourth-order valence-corrected chi connectivity index (χ4v) is 2.10. The molecule has 1 N–H and O–H groups in total. The van der Waals surface area contributed by atoms with Crippen molar-refractivity contribution in [1.82, 2.24) is 4.90 Å². The van der Waals surface area contributed by atoms with Crippen LogP contribution < -0.4 is 4.90 Å². The molecule has 1 atom stereocenters. The van der Waals surface area contributed by atoms with Gasteiger partial charge in [0.15, 0.2) is 0 Å². The molecule has 1 aliphatic heterocycles. The molecule has 0 bridgehead atoms. The van der Waals surface area contributed by atoms with Crippen LogP contribution in [-0.2, 0) is 4.79 Å². The number of likely N-dealkylation sites (N-methyl/N-ethyl adjacent to an activating group) is 1. The summed E-state index contributed by atoms with van der Waals surface area (Å²) in [7, 11) is 1.66. The molecular weight excluding hydrogens is 244 g/mol. The molecular formula is C14H16N2O3. The van der Waals surface area contributed by atoms with Crippen molar-refractivity contribution in [2.45, 2.75) is 13.0 Å². The molecule has 0 fully saturated rings. The van der Waals surface area contributed by atoms with Crippen LogP contribution in [0.4, 0.5) is 10.5 Å². The van der Waals surface area contributed by atoms with Crippen LogP contribution in [0.2, 0.25) is 0 Å². The number of hydrogen-bond donors (Lipinski definition) is 1. The monoisotopic (exact) mass is 260 g/mol. The number of rotatable bonds is 2. The van der Waals surface area contributed by atoms with E-state index in [4.69, 9.17) is 5.11 Å². The van der Waals surface area contributed by atoms with Crippen LogP contribution in [0.1, 0.15) is 5.56 Å². The number of carbonyl (C=O) groups excluding carboxylic acids is 1. The lowest BCUT2D eigenvalue weighted by atomic mass is 10.2. The van der Waals surface area contributed by atoms with Crippen molar-refractivity contribution >= 4 is 17.7 Å². The molecule has 100 valence electrons. The normalized spacial score (nSPS) is 17.6. The standard InChI is InChI=1S/C14H16N2O3/c1-10-5-3-6-11(9-10)15(2)13(17)12-7-4-8-16(12)14(18)19/h3-7,9,12H,8H2,1-2H3,(H,18,19)/t12-/m0/s1. The smallest absolute Gasteiger partial charge is 0.408 e. The maximum atomic E-state index is 12.3. The first kappa shape index (κ1) is 13.1. The number of amides is 2. The maximum absolute atomic E-state index is 12.3. The average molecular weight is 260 g/mol. The van der Waals surface area contributed by atoms with Crippen LogP contribution in [-0.4, -0.2) is 41.6 Å². The first-order chi connectivity index (χ1) is 9.00. The number of nitrogens with zero attached hydrogens (tertiary/aromatic N) is 2. The molecule has 1 aromatic rings. The van der Waals surface area contributed by atoms with Crippen molar-refractivity contribution in [1.29, 1.82) is 0 Å². The van der Waals surface area contributed by atoms with Gasteiger partial charge in [-0.1, -0.05) is 24.3 Å². The molecule has 0 saturated carbocycles. The Balaban J connectivity index is 2.19. The summed E-state index contributed by atoms with van der Waals surface area (Å²) in [5.41, 5.74) is 1.81. The Labute approximate surface area is 111 Å². The Morgan fingerprint density at radius 3 is 2.79 bits per heavy atom. The molecule has 1 heterocycles. The Kier molecular flexibility index (Phi) is 3.55. The van der Waals surface area contributed by atoms with Crippen molar-refractivity contribution in [2.24, 2.45) is 0 Å². The number of anilines is 1. The Hall–Kier alpha value is -2.30. The predicted octanol–water partition coefficient (Wildman–Crippen LogP) is 1.88. The second-order valence-electron chi connectivity index (χ2n) is 4.54. The Morgan fingerprint density at radius 1 is 1.42 bits per heavy atom. The number of aryl methyl sites for hydroxylation is 1. The van der Waals surface area contributed by atoms with E-state index in [2.05, 4.69) is 0 Å². The summed E-state index contributed by atoms with van der Waals surface area (Å²) in [5.74, 6) is -0.248. The van der Waals surface area contributed by atoms with Crippen LogP contribution in [0.25, 0.3) is 0 Å². The van der Waals surface area contributed by atoms with Gasteiger partial charge in [0.1, 0.15) is 6.04 Å². The number of carboxylic acid groups (broad SMARTS) is 1. The first-order valence-corrected chi connectivity index (χ1v) is 6.01. The molecule has 0 radical (unpaired) electrons. The molecule has 2 rings (SSSR count). The van der Waals surface area contributed by atoms with Gasteiger partial charge in [-0.15, -0.1) is 0 Å². The zero-order valence-corrected chi connectivity index (χ0v) is 10.9. The van der Waals surface area contributed by atoms with E-state index in [1.807, 2.05) is 31.2 Å². The van der Waals surface area contributed by atoms with E-state index in [1.54, 1.807) is 19.2 Å². The van der Waals surface area contributed by atoms with Gasteiger partial charge in [-0.3, -0.25) is 9.69 Å². The molecule has 5 heteroatoms. The highest BCUT2D eigenvalue weighted by atomic mass is 16.4. The van der Waals surface area contributed by atoms with Gasteiger partial charge in [0, 0.05) is 19.3 Å². The largest absolute Gasteiger partial charge is 0.465 e. The highest BCUT2D eigenvalue weighted by Crippen LogP contribution is 2.19. The van der Waals surface area contributed by atoms with Crippen LogP contribution in [0, 0.1) is 6.92 Å². The van der Waals surface area contributed by atoms with Crippen molar-refractivity contribution in [3.63, 3.8) is 0 Å². The summed E-state index contributed by atoms with van der Waals surface area (Å²) in [6.07, 6.45) is 2.24. The van der Waals surface area contributed by atoms with Gasteiger partial charge in [0.2, 0.25) is 0 Å². The summed E-state index contributed by atoms with van der Waals surface area (Å²) >= 11 is 0. The first-order valence-electron chi connectivity index (χ1n) is 6.01. The van der Waals surface area contributed by atoms with Crippen molar-refractivity contribution < 1.29 is 14.7 Å². The topological polar surface area (TPSA) is 60.9 Å². The average Bonchev–Trinajstić information content (AvgIpc) is 2.86. The van der Waals surface area contributed by atoms with E-state index in [-0.39, 0.29) is 12.5 Å². The molecule has 0 saturated heterocycles. The van der Waals surface area contributed by atoms with Crippen LogP contribution in [0.5, 0.6) is 0 Å². The molecule has 1 aliphatic rings. The van der Waals surface area contributed by atoms with Crippen molar-refractivity contribution in [3.8, 4) is 0 Å². The third kappa shape index (κ3) is 2.59. The SMILES string of the molecule is Cc1cccc(N(C)C(=O)[C@@H]2C=CCN2C(=O)O)c1. The molecule has 0 unspecified atom stereocenters. The minimum Gasteiger partial charge on any atom is -0.465 e. The molecule has 1 aromatic carbocycles. The van der Waals surface area contributed by atoms with Gasteiger partial charge in [-0.25, -0.2) is 4.79 Å². The lowest BCUT2D eigenvalue weighted by Crippen LogP contribution is -2.46. The van der Waals surface area contributed by atoms with Gasteiger partial charge >= 0.3 is 6.09 Å². The Bertz CT molecular complexity index is 539. The zero-order valence-electron chi connectivity index (χ0n) is 10.9. The predicted molar refractivity (Wildman–Crippen MR) is 72.2 cm³/mol. The van der Waals surface area contributed by atoms with Crippen LogP contribution in [0.3, 0.4) is 0 Å². The fraction of sp³-hybridized carbons (Fsp3) is 0.286. The highest BCUT2D eigenvalue weighted by molar-refractivity contribution is 5.99. The van der Waals surface area contributed by atoms with E-state index in [1.165, 1.54) is 4.90 Å². The van der Waals surface area contributed by atoms with Crippen LogP contribution in [0.15, 0.2) is 36.4 Å². The van der Waals surface area contributed by atoms with E-state index >= 15 is 0 Å². The highest BCUT2D eigenvalue weighted by Gasteiger charge is 2.32.